The number of benzene rings is 2. The summed E-state index contributed by atoms with van der Waals surface area (Å²) >= 11 is 0. The van der Waals surface area contributed by atoms with Gasteiger partial charge in [-0.2, -0.15) is 0 Å². The maximum Gasteiger partial charge on any atom is 0.211 e. The second-order valence-corrected chi connectivity index (χ2v) is 6.50. The van der Waals surface area contributed by atoms with Crippen molar-refractivity contribution in [3.8, 4) is 5.75 Å². The van der Waals surface area contributed by atoms with Gasteiger partial charge in [-0.15, -0.1) is 0 Å². The van der Waals surface area contributed by atoms with Crippen LogP contribution in [0.5, 0.6) is 5.75 Å². The molecule has 0 unspecified atom stereocenters. The molecule has 1 aliphatic heterocycles. The predicted molar refractivity (Wildman–Crippen MR) is 78.9 cm³/mol. The minimum atomic E-state index is -3.73. The molecule has 2 aromatic carbocycles. The van der Waals surface area contributed by atoms with Crippen molar-refractivity contribution in [3.05, 3.63) is 64.6 Å². The van der Waals surface area contributed by atoms with E-state index in [0.29, 0.717) is 11.3 Å². The smallest absolute Gasteiger partial charge is 0.211 e. The third-order valence-electron chi connectivity index (χ3n) is 3.35. The zero-order valence-corrected chi connectivity index (χ0v) is 12.1. The number of hydrogen-bond acceptors (Lipinski definition) is 4. The van der Waals surface area contributed by atoms with Crippen LogP contribution >= 0.6 is 0 Å². The van der Waals surface area contributed by atoms with Crippen LogP contribution in [0.3, 0.4) is 0 Å². The van der Waals surface area contributed by atoms with Crippen LogP contribution in [-0.4, -0.2) is 21.3 Å². The molecule has 1 heterocycles. The zero-order chi connectivity index (χ0) is 15.0. The number of carbonyl (C=O) groups excluding carboxylic acids is 1. The van der Waals surface area contributed by atoms with Gasteiger partial charge in [0.05, 0.1) is 12.0 Å². The molecule has 0 saturated heterocycles. The lowest BCUT2D eigenvalue weighted by Crippen LogP contribution is -2.02. The Morgan fingerprint density at radius 2 is 1.67 bits per heavy atom. The highest BCUT2D eigenvalue weighted by Gasteiger charge is 2.38. The van der Waals surface area contributed by atoms with Crippen LogP contribution in [0, 0.1) is 0 Å². The van der Waals surface area contributed by atoms with Crippen molar-refractivity contribution in [2.75, 3.05) is 7.11 Å². The molecule has 2 aromatic rings. The van der Waals surface area contributed by atoms with Gasteiger partial charge in [0.25, 0.3) is 0 Å². The Morgan fingerprint density at radius 1 is 1.00 bits per heavy atom. The minimum Gasteiger partial charge on any atom is -0.497 e. The standard InChI is InChI=1S/C16H12O4S/c1-20-12-8-6-11(7-9-12)10-15-16(17)13-4-2-3-5-14(13)21(15,18)19/h2-10H,1H3/b15-10+. The molecule has 0 amide bonds. The second kappa shape index (κ2) is 4.86. The molecule has 0 bridgehead atoms. The number of rotatable bonds is 2. The number of hydrogen-bond donors (Lipinski definition) is 0. The van der Waals surface area contributed by atoms with Gasteiger partial charge in [-0.1, -0.05) is 24.3 Å². The van der Waals surface area contributed by atoms with E-state index < -0.39 is 15.6 Å². The quantitative estimate of drug-likeness (QED) is 0.800. The normalized spacial score (nSPS) is 17.8. The van der Waals surface area contributed by atoms with Crippen LogP contribution in [0.4, 0.5) is 0 Å². The van der Waals surface area contributed by atoms with Crippen LogP contribution in [-0.2, 0) is 9.84 Å². The van der Waals surface area contributed by atoms with Crippen molar-refractivity contribution in [1.82, 2.24) is 0 Å². The van der Waals surface area contributed by atoms with Crippen molar-refractivity contribution < 1.29 is 17.9 Å². The number of sulfone groups is 1. The summed E-state index contributed by atoms with van der Waals surface area (Å²) in [6.45, 7) is 0. The SMILES string of the molecule is COc1ccc(/C=C2\C(=O)c3ccccc3S2(=O)=O)cc1. The number of ether oxygens (including phenoxy) is 1. The number of allylic oxidation sites excluding steroid dienone is 1. The molecule has 0 fully saturated rings. The number of Topliss-reactive ketones (excluding diaryl/α,β-unsaturated/α-hetero) is 1. The lowest BCUT2D eigenvalue weighted by atomic mass is 10.1. The molecule has 0 atom stereocenters. The first-order valence-electron chi connectivity index (χ1n) is 6.28. The van der Waals surface area contributed by atoms with Gasteiger partial charge >= 0.3 is 0 Å². The van der Waals surface area contributed by atoms with Crippen molar-refractivity contribution >= 4 is 21.7 Å². The van der Waals surface area contributed by atoms with E-state index in [1.54, 1.807) is 43.5 Å². The van der Waals surface area contributed by atoms with Crippen LogP contribution in [0.25, 0.3) is 6.08 Å². The molecule has 0 aliphatic carbocycles. The van der Waals surface area contributed by atoms with Crippen molar-refractivity contribution in [3.63, 3.8) is 0 Å². The fourth-order valence-corrected chi connectivity index (χ4v) is 3.85. The predicted octanol–water partition coefficient (Wildman–Crippen LogP) is 2.71. The van der Waals surface area contributed by atoms with E-state index >= 15 is 0 Å². The zero-order valence-electron chi connectivity index (χ0n) is 11.2. The average molecular weight is 300 g/mol. The number of ketones is 1. The fourth-order valence-electron chi connectivity index (χ4n) is 2.26. The van der Waals surface area contributed by atoms with Gasteiger partial charge < -0.3 is 4.74 Å². The van der Waals surface area contributed by atoms with E-state index in [1.165, 1.54) is 18.2 Å². The number of fused-ring (bicyclic) bond motifs is 1. The molecule has 21 heavy (non-hydrogen) atoms. The molecule has 0 aromatic heterocycles. The summed E-state index contributed by atoms with van der Waals surface area (Å²) < 4.78 is 29.9. The van der Waals surface area contributed by atoms with E-state index in [4.69, 9.17) is 4.74 Å². The molecule has 0 spiro atoms. The third kappa shape index (κ3) is 2.15. The average Bonchev–Trinajstić information content (AvgIpc) is 2.70. The van der Waals surface area contributed by atoms with Crippen molar-refractivity contribution in [1.29, 1.82) is 0 Å². The van der Waals surface area contributed by atoms with E-state index in [0.717, 1.165) is 0 Å². The summed E-state index contributed by atoms with van der Waals surface area (Å²) in [6, 6.07) is 13.1. The van der Waals surface area contributed by atoms with Crippen molar-refractivity contribution in [2.24, 2.45) is 0 Å². The molecule has 4 nitrogen and oxygen atoms in total. The lowest BCUT2D eigenvalue weighted by Gasteiger charge is -2.01. The lowest BCUT2D eigenvalue weighted by molar-refractivity contribution is 0.104. The van der Waals surface area contributed by atoms with Gasteiger partial charge in [0.15, 0.2) is 0 Å². The summed E-state index contributed by atoms with van der Waals surface area (Å²) in [4.78, 5) is 12.2. The van der Waals surface area contributed by atoms with Gasteiger partial charge in [-0.3, -0.25) is 4.79 Å². The highest BCUT2D eigenvalue weighted by atomic mass is 32.2. The fraction of sp³-hybridized carbons (Fsp3) is 0.0625. The first kappa shape index (κ1) is 13.6. The molecule has 0 N–H and O–H groups in total. The van der Waals surface area contributed by atoms with E-state index in [9.17, 15) is 13.2 Å². The molecule has 3 rings (SSSR count). The van der Waals surface area contributed by atoms with E-state index in [1.807, 2.05) is 0 Å². The molecule has 5 heteroatoms. The first-order valence-corrected chi connectivity index (χ1v) is 7.77. The maximum absolute atomic E-state index is 12.4. The van der Waals surface area contributed by atoms with Gasteiger partial charge in [0.2, 0.25) is 15.6 Å². The molecule has 0 radical (unpaired) electrons. The third-order valence-corrected chi connectivity index (χ3v) is 5.17. The Labute approximate surface area is 122 Å². The number of methoxy groups -OCH3 is 1. The molecule has 106 valence electrons. The van der Waals surface area contributed by atoms with Crippen molar-refractivity contribution in [2.45, 2.75) is 4.90 Å². The van der Waals surface area contributed by atoms with Gasteiger partial charge in [-0.05, 0) is 35.9 Å². The topological polar surface area (TPSA) is 60.4 Å². The van der Waals surface area contributed by atoms with Gasteiger partial charge in [0.1, 0.15) is 10.7 Å². The summed E-state index contributed by atoms with van der Waals surface area (Å²) in [5, 5.41) is 0. The Balaban J connectivity index is 2.11. The summed E-state index contributed by atoms with van der Waals surface area (Å²) in [7, 11) is -2.18. The molecular formula is C16H12O4S. The van der Waals surface area contributed by atoms with E-state index in [-0.39, 0.29) is 15.4 Å². The largest absolute Gasteiger partial charge is 0.497 e. The Kier molecular flexibility index (Phi) is 3.14. The van der Waals surface area contributed by atoms with E-state index in [2.05, 4.69) is 0 Å². The molecular weight excluding hydrogens is 288 g/mol. The summed E-state index contributed by atoms with van der Waals surface area (Å²) in [5.41, 5.74) is 0.868. The Bertz CT molecular complexity index is 846. The molecule has 1 aliphatic rings. The van der Waals surface area contributed by atoms with Crippen LogP contribution in [0.15, 0.2) is 58.3 Å². The second-order valence-electron chi connectivity index (χ2n) is 4.61. The van der Waals surface area contributed by atoms with Crippen LogP contribution in [0.2, 0.25) is 0 Å². The van der Waals surface area contributed by atoms with Crippen LogP contribution in [0.1, 0.15) is 15.9 Å². The van der Waals surface area contributed by atoms with Gasteiger partial charge in [-0.25, -0.2) is 8.42 Å². The highest BCUT2D eigenvalue weighted by molar-refractivity contribution is 7.97. The summed E-state index contributed by atoms with van der Waals surface area (Å²) in [6.07, 6.45) is 1.40. The monoisotopic (exact) mass is 300 g/mol. The first-order chi connectivity index (χ1) is 10.0. The number of carbonyl (C=O) groups is 1. The Morgan fingerprint density at radius 3 is 2.29 bits per heavy atom. The minimum absolute atomic E-state index is 0.0785. The maximum atomic E-state index is 12.4. The van der Waals surface area contributed by atoms with Crippen LogP contribution < -0.4 is 4.74 Å². The highest BCUT2D eigenvalue weighted by Crippen LogP contribution is 2.34. The van der Waals surface area contributed by atoms with Gasteiger partial charge in [0, 0.05) is 5.56 Å². The Hall–Kier alpha value is -2.40. The molecule has 0 saturated carbocycles. The summed E-state index contributed by atoms with van der Waals surface area (Å²) in [5.74, 6) is 0.211.